The molecule has 0 bridgehead atoms. The van der Waals surface area contributed by atoms with Gasteiger partial charge in [-0.2, -0.15) is 5.10 Å². The third kappa shape index (κ3) is 2.75. The second kappa shape index (κ2) is 4.71. The maximum atomic E-state index is 11.6. The molecule has 0 aliphatic heterocycles. The molecule has 0 saturated carbocycles. The molecule has 0 saturated heterocycles. The lowest BCUT2D eigenvalue weighted by atomic mass is 10.1. The van der Waals surface area contributed by atoms with Crippen molar-refractivity contribution in [2.45, 2.75) is 16.8 Å². The standard InChI is InChI=1S/C12H14N2O4S2/c1-8-6-9(4-5-11(8)19(2,15)16)10-7-13-14-12(10)20(3,17)18/h4-7H,1-3H3,(H,13,14). The van der Waals surface area contributed by atoms with E-state index in [1.165, 1.54) is 12.3 Å². The number of H-pyrrole nitrogens is 1. The monoisotopic (exact) mass is 314 g/mol. The summed E-state index contributed by atoms with van der Waals surface area (Å²) in [7, 11) is -6.73. The van der Waals surface area contributed by atoms with Gasteiger partial charge in [-0.3, -0.25) is 5.10 Å². The zero-order chi connectivity index (χ0) is 15.1. The van der Waals surface area contributed by atoms with Crippen molar-refractivity contribution >= 4 is 19.7 Å². The molecule has 1 aromatic carbocycles. The molecule has 1 aromatic heterocycles. The average Bonchev–Trinajstić information content (AvgIpc) is 2.75. The van der Waals surface area contributed by atoms with Gasteiger partial charge in [-0.1, -0.05) is 6.07 Å². The number of aryl methyl sites for hydroxylation is 1. The molecule has 0 fully saturated rings. The Hall–Kier alpha value is -1.67. The Bertz CT molecular complexity index is 865. The zero-order valence-corrected chi connectivity index (χ0v) is 12.8. The number of aromatic nitrogens is 2. The zero-order valence-electron chi connectivity index (χ0n) is 11.2. The van der Waals surface area contributed by atoms with Crippen LogP contribution in [0.1, 0.15) is 5.56 Å². The second-order valence-corrected chi connectivity index (χ2v) is 8.57. The number of aromatic amines is 1. The summed E-state index contributed by atoms with van der Waals surface area (Å²) in [4.78, 5) is 0.227. The van der Waals surface area contributed by atoms with Crippen molar-refractivity contribution in [2.75, 3.05) is 12.5 Å². The van der Waals surface area contributed by atoms with Crippen LogP contribution in [-0.4, -0.2) is 39.5 Å². The first-order chi connectivity index (χ1) is 9.10. The number of benzene rings is 1. The van der Waals surface area contributed by atoms with E-state index in [4.69, 9.17) is 0 Å². The Labute approximate surface area is 117 Å². The molecule has 108 valence electrons. The Morgan fingerprint density at radius 3 is 2.20 bits per heavy atom. The highest BCUT2D eigenvalue weighted by Gasteiger charge is 2.18. The number of nitrogens with zero attached hydrogens (tertiary/aromatic N) is 1. The van der Waals surface area contributed by atoms with Crippen LogP contribution in [0, 0.1) is 6.92 Å². The summed E-state index contributed by atoms with van der Waals surface area (Å²) in [6.45, 7) is 1.67. The molecule has 0 spiro atoms. The number of hydrogen-bond acceptors (Lipinski definition) is 5. The summed E-state index contributed by atoms with van der Waals surface area (Å²) in [6, 6.07) is 4.68. The van der Waals surface area contributed by atoms with E-state index in [9.17, 15) is 16.8 Å². The smallest absolute Gasteiger partial charge is 0.192 e. The average molecular weight is 314 g/mol. The van der Waals surface area contributed by atoms with Gasteiger partial charge in [-0.15, -0.1) is 0 Å². The van der Waals surface area contributed by atoms with Gasteiger partial charge < -0.3 is 0 Å². The van der Waals surface area contributed by atoms with Crippen LogP contribution in [0.15, 0.2) is 34.3 Å². The van der Waals surface area contributed by atoms with Crippen molar-refractivity contribution in [2.24, 2.45) is 0 Å². The summed E-state index contributed by atoms with van der Waals surface area (Å²) in [5.41, 5.74) is 1.59. The minimum atomic E-state index is -3.43. The predicted octanol–water partition coefficient (Wildman–Crippen LogP) is 1.19. The third-order valence-corrected chi connectivity index (χ3v) is 5.17. The number of rotatable bonds is 3. The molecule has 2 aromatic rings. The van der Waals surface area contributed by atoms with Crippen molar-refractivity contribution in [3.05, 3.63) is 30.0 Å². The van der Waals surface area contributed by atoms with E-state index >= 15 is 0 Å². The Kier molecular flexibility index (Phi) is 3.47. The molecule has 0 unspecified atom stereocenters. The Balaban J connectivity index is 2.63. The first-order valence-electron chi connectivity index (χ1n) is 5.65. The van der Waals surface area contributed by atoms with Gasteiger partial charge in [-0.05, 0) is 30.2 Å². The summed E-state index contributed by atoms with van der Waals surface area (Å²) in [6.07, 6.45) is 3.63. The summed E-state index contributed by atoms with van der Waals surface area (Å²) >= 11 is 0. The predicted molar refractivity (Wildman–Crippen MR) is 75.0 cm³/mol. The van der Waals surface area contributed by atoms with Crippen LogP contribution in [0.25, 0.3) is 11.1 Å². The molecule has 2 rings (SSSR count). The maximum absolute atomic E-state index is 11.6. The molecule has 0 aliphatic rings. The molecular formula is C12H14N2O4S2. The molecule has 1 N–H and O–H groups in total. The van der Waals surface area contributed by atoms with Gasteiger partial charge in [0.25, 0.3) is 0 Å². The third-order valence-electron chi connectivity index (χ3n) is 2.86. The van der Waals surface area contributed by atoms with Gasteiger partial charge in [0.2, 0.25) is 0 Å². The largest absolute Gasteiger partial charge is 0.267 e. The molecule has 8 heteroatoms. The van der Waals surface area contributed by atoms with Crippen LogP contribution >= 0.6 is 0 Å². The molecule has 0 aliphatic carbocycles. The van der Waals surface area contributed by atoms with Crippen LogP contribution in [0.2, 0.25) is 0 Å². The lowest BCUT2D eigenvalue weighted by Crippen LogP contribution is -2.02. The SMILES string of the molecule is Cc1cc(-c2cn[nH]c2S(C)(=O)=O)ccc1S(C)(=O)=O. The van der Waals surface area contributed by atoms with Crippen molar-refractivity contribution in [1.29, 1.82) is 0 Å². The lowest BCUT2D eigenvalue weighted by molar-refractivity contribution is 0.597. The molecule has 20 heavy (non-hydrogen) atoms. The van der Waals surface area contributed by atoms with Crippen LogP contribution in [-0.2, 0) is 19.7 Å². The molecule has 6 nitrogen and oxygen atoms in total. The normalized spacial score (nSPS) is 12.6. The summed E-state index contributed by atoms with van der Waals surface area (Å²) in [5.74, 6) is 0. The van der Waals surface area contributed by atoms with Gasteiger partial charge in [0.05, 0.1) is 11.1 Å². The van der Waals surface area contributed by atoms with E-state index in [2.05, 4.69) is 10.2 Å². The van der Waals surface area contributed by atoms with E-state index < -0.39 is 19.7 Å². The minimum Gasteiger partial charge on any atom is -0.267 e. The molecular weight excluding hydrogens is 300 g/mol. The van der Waals surface area contributed by atoms with E-state index in [1.54, 1.807) is 19.1 Å². The fourth-order valence-corrected chi connectivity index (χ4v) is 3.74. The lowest BCUT2D eigenvalue weighted by Gasteiger charge is -2.07. The fourth-order valence-electron chi connectivity index (χ4n) is 2.00. The van der Waals surface area contributed by atoms with Gasteiger partial charge in [0, 0.05) is 18.1 Å². The van der Waals surface area contributed by atoms with E-state index in [0.29, 0.717) is 16.7 Å². The number of nitrogens with one attached hydrogen (secondary N) is 1. The number of sulfone groups is 2. The van der Waals surface area contributed by atoms with E-state index in [1.807, 2.05) is 0 Å². The van der Waals surface area contributed by atoms with Gasteiger partial charge in [0.15, 0.2) is 24.7 Å². The highest BCUT2D eigenvalue weighted by molar-refractivity contribution is 7.91. The van der Waals surface area contributed by atoms with Gasteiger partial charge >= 0.3 is 0 Å². The van der Waals surface area contributed by atoms with Gasteiger partial charge in [-0.25, -0.2) is 16.8 Å². The van der Waals surface area contributed by atoms with Gasteiger partial charge in [0.1, 0.15) is 0 Å². The highest BCUT2D eigenvalue weighted by atomic mass is 32.2. The van der Waals surface area contributed by atoms with Crippen LogP contribution in [0.5, 0.6) is 0 Å². The quantitative estimate of drug-likeness (QED) is 0.918. The van der Waals surface area contributed by atoms with Crippen LogP contribution in [0.4, 0.5) is 0 Å². The molecule has 0 amide bonds. The van der Waals surface area contributed by atoms with Crippen molar-refractivity contribution in [3.63, 3.8) is 0 Å². The maximum Gasteiger partial charge on any atom is 0.192 e. The topological polar surface area (TPSA) is 97.0 Å². The summed E-state index contributed by atoms with van der Waals surface area (Å²) < 4.78 is 46.4. The van der Waals surface area contributed by atoms with Crippen LogP contribution < -0.4 is 0 Å². The first-order valence-corrected chi connectivity index (χ1v) is 9.43. The van der Waals surface area contributed by atoms with Crippen molar-refractivity contribution < 1.29 is 16.8 Å². The Morgan fingerprint density at radius 1 is 1.05 bits per heavy atom. The number of hydrogen-bond donors (Lipinski definition) is 1. The molecule has 1 heterocycles. The minimum absolute atomic E-state index is 0.0176. The van der Waals surface area contributed by atoms with Crippen LogP contribution in [0.3, 0.4) is 0 Å². The van der Waals surface area contributed by atoms with E-state index in [0.717, 1.165) is 12.5 Å². The molecule has 0 radical (unpaired) electrons. The van der Waals surface area contributed by atoms with Crippen molar-refractivity contribution in [1.82, 2.24) is 10.2 Å². The fraction of sp³-hybridized carbons (Fsp3) is 0.250. The summed E-state index contributed by atoms with van der Waals surface area (Å²) in [5, 5.41) is 6.21. The first kappa shape index (κ1) is 14.7. The Morgan fingerprint density at radius 2 is 1.70 bits per heavy atom. The molecule has 0 atom stereocenters. The second-order valence-electron chi connectivity index (χ2n) is 4.64. The highest BCUT2D eigenvalue weighted by Crippen LogP contribution is 2.28. The van der Waals surface area contributed by atoms with Crippen molar-refractivity contribution in [3.8, 4) is 11.1 Å². The van der Waals surface area contributed by atoms with E-state index in [-0.39, 0.29) is 9.92 Å².